The molecule has 17 heavy (non-hydrogen) atoms. The molecule has 0 aromatic heterocycles. The smallest absolute Gasteiger partial charge is 0.227 e. The summed E-state index contributed by atoms with van der Waals surface area (Å²) in [7, 11) is 1.44. The molecule has 86 valence electrons. The molecule has 1 N–H and O–H groups in total. The van der Waals surface area contributed by atoms with E-state index in [2.05, 4.69) is 11.4 Å². The normalized spacial score (nSPS) is 19.5. The van der Waals surface area contributed by atoms with Gasteiger partial charge in [0.25, 0.3) is 0 Å². The van der Waals surface area contributed by atoms with Crippen LogP contribution in [-0.2, 0) is 9.53 Å². The highest BCUT2D eigenvalue weighted by Crippen LogP contribution is 2.32. The van der Waals surface area contributed by atoms with Crippen molar-refractivity contribution in [3.8, 4) is 6.07 Å². The number of nitrogens with one attached hydrogen (secondary N) is 1. The third kappa shape index (κ3) is 2.13. The quantitative estimate of drug-likeness (QED) is 0.837. The van der Waals surface area contributed by atoms with Gasteiger partial charge >= 0.3 is 0 Å². The number of amides is 1. The van der Waals surface area contributed by atoms with Crippen molar-refractivity contribution in [2.45, 2.75) is 12.3 Å². The molecule has 1 heterocycles. The van der Waals surface area contributed by atoms with Gasteiger partial charge in [-0.2, -0.15) is 5.26 Å². The Morgan fingerprint density at radius 3 is 2.71 bits per heavy atom. The number of nitriles is 1. The lowest BCUT2D eigenvalue weighted by Gasteiger charge is -2.24. The fraction of sp³-hybridized carbons (Fsp3) is 0.231. The fourth-order valence-electron chi connectivity index (χ4n) is 1.95. The number of hydrogen-bond acceptors (Lipinski definition) is 3. The van der Waals surface area contributed by atoms with E-state index in [0.717, 1.165) is 5.56 Å². The second kappa shape index (κ2) is 4.71. The van der Waals surface area contributed by atoms with Crippen molar-refractivity contribution in [2.75, 3.05) is 7.11 Å². The van der Waals surface area contributed by atoms with Crippen molar-refractivity contribution in [3.05, 3.63) is 47.4 Å². The number of ether oxygens (including phenoxy) is 1. The standard InChI is InChI=1S/C13H12N2O2/c1-17-13-11(8-14)10(7-12(16)15-13)9-5-3-2-4-6-9/h2-6,10H,7H2,1H3,(H,15,16). The Balaban J connectivity index is 2.46. The largest absolute Gasteiger partial charge is 0.482 e. The van der Waals surface area contributed by atoms with Crippen LogP contribution in [-0.4, -0.2) is 13.0 Å². The molecule has 0 fully saturated rings. The van der Waals surface area contributed by atoms with Gasteiger partial charge in [-0.3, -0.25) is 10.1 Å². The summed E-state index contributed by atoms with van der Waals surface area (Å²) in [6.07, 6.45) is 0.278. The summed E-state index contributed by atoms with van der Waals surface area (Å²) in [5.41, 5.74) is 1.42. The summed E-state index contributed by atoms with van der Waals surface area (Å²) in [6.45, 7) is 0. The van der Waals surface area contributed by atoms with Crippen LogP contribution in [0.2, 0.25) is 0 Å². The van der Waals surface area contributed by atoms with Crippen molar-refractivity contribution >= 4 is 5.91 Å². The molecule has 1 atom stereocenters. The Labute approximate surface area is 99.5 Å². The highest BCUT2D eigenvalue weighted by molar-refractivity contribution is 5.81. The monoisotopic (exact) mass is 228 g/mol. The predicted octanol–water partition coefficient (Wildman–Crippen LogP) is 1.67. The lowest BCUT2D eigenvalue weighted by molar-refractivity contribution is -0.122. The molecule has 1 aromatic rings. The molecule has 0 saturated heterocycles. The summed E-state index contributed by atoms with van der Waals surface area (Å²) < 4.78 is 5.04. The lowest BCUT2D eigenvalue weighted by Crippen LogP contribution is -2.32. The van der Waals surface area contributed by atoms with Crippen LogP contribution in [0.3, 0.4) is 0 Å². The molecule has 1 aliphatic rings. The van der Waals surface area contributed by atoms with Crippen molar-refractivity contribution in [1.29, 1.82) is 5.26 Å². The summed E-state index contributed by atoms with van der Waals surface area (Å²) >= 11 is 0. The van der Waals surface area contributed by atoms with Crippen molar-refractivity contribution in [1.82, 2.24) is 5.32 Å². The highest BCUT2D eigenvalue weighted by atomic mass is 16.5. The number of hydrogen-bond donors (Lipinski definition) is 1. The number of carbonyl (C=O) groups is 1. The van der Waals surface area contributed by atoms with Gasteiger partial charge < -0.3 is 4.74 Å². The Kier molecular flexibility index (Phi) is 3.10. The molecule has 1 amide bonds. The van der Waals surface area contributed by atoms with E-state index in [4.69, 9.17) is 4.74 Å². The Morgan fingerprint density at radius 1 is 1.41 bits per heavy atom. The van der Waals surface area contributed by atoms with Crippen molar-refractivity contribution in [3.63, 3.8) is 0 Å². The first-order valence-electron chi connectivity index (χ1n) is 5.29. The van der Waals surface area contributed by atoms with Gasteiger partial charge in [0.05, 0.1) is 12.7 Å². The van der Waals surface area contributed by atoms with Gasteiger partial charge in [0.15, 0.2) is 0 Å². The van der Waals surface area contributed by atoms with Crippen LogP contribution in [0.4, 0.5) is 0 Å². The van der Waals surface area contributed by atoms with Crippen LogP contribution in [0.5, 0.6) is 0 Å². The number of allylic oxidation sites excluding steroid dienone is 1. The molecule has 0 spiro atoms. The topological polar surface area (TPSA) is 62.1 Å². The minimum absolute atomic E-state index is 0.130. The number of rotatable bonds is 2. The minimum Gasteiger partial charge on any atom is -0.482 e. The molecule has 1 aliphatic heterocycles. The maximum atomic E-state index is 11.5. The van der Waals surface area contributed by atoms with Crippen LogP contribution in [0, 0.1) is 11.3 Å². The lowest BCUT2D eigenvalue weighted by atomic mass is 9.87. The maximum Gasteiger partial charge on any atom is 0.227 e. The third-order valence-electron chi connectivity index (χ3n) is 2.76. The number of nitrogens with zero attached hydrogens (tertiary/aromatic N) is 1. The molecule has 0 aliphatic carbocycles. The Hall–Kier alpha value is -2.28. The number of methoxy groups -OCH3 is 1. The van der Waals surface area contributed by atoms with E-state index in [-0.39, 0.29) is 24.1 Å². The van der Waals surface area contributed by atoms with Crippen LogP contribution < -0.4 is 5.32 Å². The maximum absolute atomic E-state index is 11.5. The molecule has 4 nitrogen and oxygen atoms in total. The molecule has 1 unspecified atom stereocenters. The summed E-state index contributed by atoms with van der Waals surface area (Å²) in [5.74, 6) is -0.0859. The van der Waals surface area contributed by atoms with Gasteiger partial charge in [-0.15, -0.1) is 0 Å². The van der Waals surface area contributed by atoms with E-state index in [1.165, 1.54) is 7.11 Å². The van der Waals surface area contributed by atoms with Crippen molar-refractivity contribution in [2.24, 2.45) is 0 Å². The first-order chi connectivity index (χ1) is 8.26. The van der Waals surface area contributed by atoms with E-state index >= 15 is 0 Å². The van der Waals surface area contributed by atoms with E-state index < -0.39 is 0 Å². The van der Waals surface area contributed by atoms with Crippen LogP contribution in [0.25, 0.3) is 0 Å². The zero-order valence-corrected chi connectivity index (χ0v) is 9.43. The van der Waals surface area contributed by atoms with E-state index in [0.29, 0.717) is 5.57 Å². The van der Waals surface area contributed by atoms with E-state index in [1.807, 2.05) is 30.3 Å². The average molecular weight is 228 g/mol. The average Bonchev–Trinajstić information content (AvgIpc) is 2.38. The first-order valence-corrected chi connectivity index (χ1v) is 5.29. The van der Waals surface area contributed by atoms with E-state index in [9.17, 15) is 10.1 Å². The highest BCUT2D eigenvalue weighted by Gasteiger charge is 2.29. The van der Waals surface area contributed by atoms with Gasteiger partial charge in [-0.1, -0.05) is 30.3 Å². The van der Waals surface area contributed by atoms with Gasteiger partial charge in [-0.25, -0.2) is 0 Å². The SMILES string of the molecule is COC1=C(C#N)C(c2ccccc2)CC(=O)N1. The van der Waals surface area contributed by atoms with Crippen molar-refractivity contribution < 1.29 is 9.53 Å². The zero-order chi connectivity index (χ0) is 12.3. The number of carbonyl (C=O) groups excluding carboxylic acids is 1. The minimum atomic E-state index is -0.218. The molecule has 4 heteroatoms. The van der Waals surface area contributed by atoms with Crippen LogP contribution >= 0.6 is 0 Å². The molecule has 1 aromatic carbocycles. The Morgan fingerprint density at radius 2 is 2.12 bits per heavy atom. The van der Waals surface area contributed by atoms with Gasteiger partial charge in [0, 0.05) is 12.3 Å². The summed E-state index contributed by atoms with van der Waals surface area (Å²) in [4.78, 5) is 11.5. The summed E-state index contributed by atoms with van der Waals surface area (Å²) in [5, 5.41) is 11.7. The molecule has 0 bridgehead atoms. The third-order valence-corrected chi connectivity index (χ3v) is 2.76. The van der Waals surface area contributed by atoms with Crippen LogP contribution in [0.15, 0.2) is 41.8 Å². The predicted molar refractivity (Wildman–Crippen MR) is 61.6 cm³/mol. The molecular weight excluding hydrogens is 216 g/mol. The van der Waals surface area contributed by atoms with Gasteiger partial charge in [0.2, 0.25) is 11.8 Å². The number of benzene rings is 1. The first kappa shape index (κ1) is 11.2. The van der Waals surface area contributed by atoms with E-state index in [1.54, 1.807) is 0 Å². The zero-order valence-electron chi connectivity index (χ0n) is 9.43. The summed E-state index contributed by atoms with van der Waals surface area (Å²) in [6, 6.07) is 11.6. The van der Waals surface area contributed by atoms with Gasteiger partial charge in [0.1, 0.15) is 6.07 Å². The molecule has 2 rings (SSSR count). The fourth-order valence-corrected chi connectivity index (χ4v) is 1.95. The Bertz CT molecular complexity index is 500. The second-order valence-corrected chi connectivity index (χ2v) is 3.77. The molecular formula is C13H12N2O2. The second-order valence-electron chi connectivity index (χ2n) is 3.77. The van der Waals surface area contributed by atoms with Crippen LogP contribution in [0.1, 0.15) is 17.9 Å². The molecule has 0 saturated carbocycles. The van der Waals surface area contributed by atoms with Gasteiger partial charge in [-0.05, 0) is 5.56 Å². The molecule has 0 radical (unpaired) electrons.